The number of hydrogen-bond acceptors (Lipinski definition) is 2. The lowest BCUT2D eigenvalue weighted by atomic mass is 9.96. The van der Waals surface area contributed by atoms with Crippen molar-refractivity contribution in [2.45, 2.75) is 26.4 Å². The van der Waals surface area contributed by atoms with Gasteiger partial charge in [0.2, 0.25) is 0 Å². The van der Waals surface area contributed by atoms with Crippen LogP contribution in [0, 0.1) is 5.92 Å². The minimum absolute atomic E-state index is 0.311. The summed E-state index contributed by atoms with van der Waals surface area (Å²) in [6.45, 7) is 5.20. The molecule has 2 aromatic rings. The van der Waals surface area contributed by atoms with Crippen LogP contribution in [0.15, 0.2) is 36.5 Å². The highest BCUT2D eigenvalue weighted by Crippen LogP contribution is 2.23. The predicted octanol–water partition coefficient (Wildman–Crippen LogP) is 3.55. The van der Waals surface area contributed by atoms with Gasteiger partial charge in [0.15, 0.2) is 0 Å². The molecule has 3 nitrogen and oxygen atoms in total. The average Bonchev–Trinajstić information content (AvgIpc) is 2.84. The van der Waals surface area contributed by atoms with Crippen LogP contribution >= 0.6 is 11.6 Å². The number of rotatable bonds is 5. The van der Waals surface area contributed by atoms with Crippen molar-refractivity contribution >= 4 is 11.6 Å². The van der Waals surface area contributed by atoms with Crippen LogP contribution in [0.1, 0.15) is 31.1 Å². The minimum atomic E-state index is 0.311. The average molecular weight is 264 g/mol. The molecule has 0 saturated heterocycles. The second-order valence-electron chi connectivity index (χ2n) is 4.74. The molecule has 0 saturated carbocycles. The fourth-order valence-electron chi connectivity index (χ4n) is 2.01. The molecular formula is C14H18ClN3. The maximum absolute atomic E-state index is 5.92. The van der Waals surface area contributed by atoms with E-state index in [1.807, 2.05) is 18.2 Å². The van der Waals surface area contributed by atoms with Gasteiger partial charge < -0.3 is 5.32 Å². The third-order valence-corrected chi connectivity index (χ3v) is 3.22. The van der Waals surface area contributed by atoms with Crippen LogP contribution in [0.4, 0.5) is 0 Å². The van der Waals surface area contributed by atoms with E-state index in [4.69, 9.17) is 11.6 Å². The standard InChI is InChI=1S/C14H18ClN3/c1-10(2)14(11-3-5-12(15)6-4-11)16-9-13-7-8-17-18-13/h3-8,10,14,16H,9H2,1-2H3,(H,17,18). The van der Waals surface area contributed by atoms with Gasteiger partial charge in [0.05, 0.1) is 0 Å². The summed E-state index contributed by atoms with van der Waals surface area (Å²) >= 11 is 5.92. The van der Waals surface area contributed by atoms with Crippen LogP contribution in [-0.2, 0) is 6.54 Å². The normalized spacial score (nSPS) is 12.9. The first kappa shape index (κ1) is 13.1. The third kappa shape index (κ3) is 3.34. The number of halogens is 1. The number of hydrogen-bond donors (Lipinski definition) is 2. The number of benzene rings is 1. The number of H-pyrrole nitrogens is 1. The molecule has 96 valence electrons. The molecule has 1 unspecified atom stereocenters. The lowest BCUT2D eigenvalue weighted by Crippen LogP contribution is -2.25. The van der Waals surface area contributed by atoms with Gasteiger partial charge in [-0.25, -0.2) is 0 Å². The van der Waals surface area contributed by atoms with Crippen LogP contribution in [-0.4, -0.2) is 10.2 Å². The van der Waals surface area contributed by atoms with E-state index < -0.39 is 0 Å². The van der Waals surface area contributed by atoms with E-state index in [1.54, 1.807) is 6.20 Å². The Morgan fingerprint density at radius 3 is 2.50 bits per heavy atom. The van der Waals surface area contributed by atoms with Crippen molar-refractivity contribution in [2.75, 3.05) is 0 Å². The van der Waals surface area contributed by atoms with E-state index in [2.05, 4.69) is 41.5 Å². The first-order chi connectivity index (χ1) is 8.66. The lowest BCUT2D eigenvalue weighted by Gasteiger charge is -2.22. The van der Waals surface area contributed by atoms with Gasteiger partial charge in [0, 0.05) is 29.5 Å². The van der Waals surface area contributed by atoms with Crippen molar-refractivity contribution in [3.05, 3.63) is 52.8 Å². The highest BCUT2D eigenvalue weighted by atomic mass is 35.5. The van der Waals surface area contributed by atoms with Crippen LogP contribution in [0.3, 0.4) is 0 Å². The Hall–Kier alpha value is -1.32. The number of nitrogens with one attached hydrogen (secondary N) is 2. The van der Waals surface area contributed by atoms with Gasteiger partial charge in [-0.3, -0.25) is 5.10 Å². The fraction of sp³-hybridized carbons (Fsp3) is 0.357. The maximum Gasteiger partial charge on any atom is 0.0490 e. The molecule has 1 aromatic carbocycles. The first-order valence-electron chi connectivity index (χ1n) is 6.14. The highest BCUT2D eigenvalue weighted by molar-refractivity contribution is 6.30. The topological polar surface area (TPSA) is 40.7 Å². The zero-order valence-electron chi connectivity index (χ0n) is 10.7. The maximum atomic E-state index is 5.92. The largest absolute Gasteiger partial charge is 0.304 e. The quantitative estimate of drug-likeness (QED) is 0.866. The Balaban J connectivity index is 2.06. The van der Waals surface area contributed by atoms with Gasteiger partial charge in [0.25, 0.3) is 0 Å². The van der Waals surface area contributed by atoms with Gasteiger partial charge in [-0.2, -0.15) is 5.10 Å². The number of aromatic nitrogens is 2. The van der Waals surface area contributed by atoms with Crippen molar-refractivity contribution in [3.8, 4) is 0 Å². The summed E-state index contributed by atoms with van der Waals surface area (Å²) in [6, 6.07) is 10.3. The molecule has 2 rings (SSSR count). The number of aromatic amines is 1. The summed E-state index contributed by atoms with van der Waals surface area (Å²) in [6.07, 6.45) is 1.77. The summed E-state index contributed by atoms with van der Waals surface area (Å²) in [7, 11) is 0. The summed E-state index contributed by atoms with van der Waals surface area (Å²) in [5.74, 6) is 0.508. The molecule has 4 heteroatoms. The van der Waals surface area contributed by atoms with E-state index in [9.17, 15) is 0 Å². The molecule has 0 aliphatic rings. The van der Waals surface area contributed by atoms with Crippen molar-refractivity contribution in [1.29, 1.82) is 0 Å². The smallest absolute Gasteiger partial charge is 0.0490 e. The van der Waals surface area contributed by atoms with Crippen molar-refractivity contribution in [3.63, 3.8) is 0 Å². The molecule has 0 bridgehead atoms. The molecule has 0 fully saturated rings. The predicted molar refractivity (Wildman–Crippen MR) is 74.5 cm³/mol. The summed E-state index contributed by atoms with van der Waals surface area (Å²) in [4.78, 5) is 0. The Kier molecular flexibility index (Phi) is 4.39. The van der Waals surface area contributed by atoms with Crippen LogP contribution < -0.4 is 5.32 Å². The second kappa shape index (κ2) is 6.03. The molecule has 1 heterocycles. The molecule has 1 aromatic heterocycles. The summed E-state index contributed by atoms with van der Waals surface area (Å²) in [5, 5.41) is 11.2. The molecule has 1 atom stereocenters. The first-order valence-corrected chi connectivity index (χ1v) is 6.51. The van der Waals surface area contributed by atoms with Crippen molar-refractivity contribution in [2.24, 2.45) is 5.92 Å². The highest BCUT2D eigenvalue weighted by Gasteiger charge is 2.15. The third-order valence-electron chi connectivity index (χ3n) is 2.97. The summed E-state index contributed by atoms with van der Waals surface area (Å²) < 4.78 is 0. The molecule has 0 radical (unpaired) electrons. The van der Waals surface area contributed by atoms with Gasteiger partial charge in [0.1, 0.15) is 0 Å². The van der Waals surface area contributed by atoms with Crippen LogP contribution in [0.2, 0.25) is 5.02 Å². The Morgan fingerprint density at radius 1 is 1.22 bits per heavy atom. The molecule has 2 N–H and O–H groups in total. The summed E-state index contributed by atoms with van der Waals surface area (Å²) in [5.41, 5.74) is 2.35. The van der Waals surface area contributed by atoms with Gasteiger partial charge in [-0.1, -0.05) is 37.6 Å². The van der Waals surface area contributed by atoms with Gasteiger partial charge in [-0.15, -0.1) is 0 Å². The Bertz CT molecular complexity index is 462. The Labute approximate surface area is 113 Å². The molecule has 18 heavy (non-hydrogen) atoms. The van der Waals surface area contributed by atoms with Crippen molar-refractivity contribution in [1.82, 2.24) is 15.5 Å². The van der Waals surface area contributed by atoms with E-state index in [1.165, 1.54) is 5.56 Å². The number of nitrogens with zero attached hydrogens (tertiary/aromatic N) is 1. The fourth-order valence-corrected chi connectivity index (χ4v) is 2.14. The molecular weight excluding hydrogens is 246 g/mol. The van der Waals surface area contributed by atoms with Gasteiger partial charge in [-0.05, 0) is 29.7 Å². The monoisotopic (exact) mass is 263 g/mol. The van der Waals surface area contributed by atoms with E-state index in [-0.39, 0.29) is 0 Å². The van der Waals surface area contributed by atoms with Gasteiger partial charge >= 0.3 is 0 Å². The van der Waals surface area contributed by atoms with Crippen molar-refractivity contribution < 1.29 is 0 Å². The van der Waals surface area contributed by atoms with E-state index in [0.717, 1.165) is 17.3 Å². The minimum Gasteiger partial charge on any atom is -0.304 e. The zero-order valence-corrected chi connectivity index (χ0v) is 11.4. The SMILES string of the molecule is CC(C)C(NCc1ccn[nH]1)c1ccc(Cl)cc1. The lowest BCUT2D eigenvalue weighted by molar-refractivity contribution is 0.408. The Morgan fingerprint density at radius 2 is 1.94 bits per heavy atom. The van der Waals surface area contributed by atoms with E-state index >= 15 is 0 Å². The zero-order chi connectivity index (χ0) is 13.0. The molecule has 0 aliphatic heterocycles. The van der Waals surface area contributed by atoms with E-state index in [0.29, 0.717) is 12.0 Å². The molecule has 0 amide bonds. The molecule has 0 spiro atoms. The molecule has 0 aliphatic carbocycles. The van der Waals surface area contributed by atoms with Crippen LogP contribution in [0.5, 0.6) is 0 Å². The van der Waals surface area contributed by atoms with Crippen LogP contribution in [0.25, 0.3) is 0 Å². The second-order valence-corrected chi connectivity index (χ2v) is 5.17.